The molecule has 0 N–H and O–H groups in total. The van der Waals surface area contributed by atoms with E-state index in [2.05, 4.69) is 0 Å². The predicted octanol–water partition coefficient (Wildman–Crippen LogP) is 3.18. The van der Waals surface area contributed by atoms with Crippen molar-refractivity contribution in [1.29, 1.82) is 0 Å². The number of rotatable bonds is 7. The Hall–Kier alpha value is -2.86. The molecule has 0 saturated carbocycles. The molecule has 6 heteroatoms. The van der Waals surface area contributed by atoms with E-state index in [4.69, 9.17) is 18.9 Å². The van der Waals surface area contributed by atoms with Gasteiger partial charge in [0.25, 0.3) is 0 Å². The highest BCUT2D eigenvalue weighted by Crippen LogP contribution is 2.18. The number of methoxy groups -OCH3 is 1. The maximum atomic E-state index is 12.2. The van der Waals surface area contributed by atoms with Crippen molar-refractivity contribution in [3.8, 4) is 11.5 Å². The normalized spacial score (nSPS) is 16.0. The molecule has 3 rings (SSSR count). The summed E-state index contributed by atoms with van der Waals surface area (Å²) in [4.78, 5) is 24.3. The zero-order valence-corrected chi connectivity index (χ0v) is 15.2. The topological polar surface area (TPSA) is 71.1 Å². The zero-order valence-electron chi connectivity index (χ0n) is 15.2. The van der Waals surface area contributed by atoms with E-state index in [0.717, 1.165) is 24.2 Å². The fourth-order valence-corrected chi connectivity index (χ4v) is 2.79. The summed E-state index contributed by atoms with van der Waals surface area (Å²) in [6.45, 7) is 0.947. The molecule has 0 aliphatic carbocycles. The molecule has 2 aromatic rings. The highest BCUT2D eigenvalue weighted by Gasteiger charge is 2.18. The van der Waals surface area contributed by atoms with Crippen molar-refractivity contribution in [2.45, 2.75) is 25.4 Å². The van der Waals surface area contributed by atoms with Gasteiger partial charge in [0.15, 0.2) is 0 Å². The molecule has 1 saturated heterocycles. The van der Waals surface area contributed by atoms with E-state index in [1.165, 1.54) is 6.07 Å². The van der Waals surface area contributed by atoms with E-state index in [1.807, 2.05) is 0 Å². The van der Waals surface area contributed by atoms with Crippen molar-refractivity contribution in [1.82, 2.24) is 0 Å². The van der Waals surface area contributed by atoms with Crippen LogP contribution in [0.5, 0.6) is 11.5 Å². The highest BCUT2D eigenvalue weighted by molar-refractivity contribution is 5.90. The summed E-state index contributed by atoms with van der Waals surface area (Å²) in [6, 6.07) is 13.6. The van der Waals surface area contributed by atoms with Crippen LogP contribution >= 0.6 is 0 Å². The minimum absolute atomic E-state index is 0.0283. The van der Waals surface area contributed by atoms with Gasteiger partial charge in [0.1, 0.15) is 18.1 Å². The van der Waals surface area contributed by atoms with Crippen LogP contribution in [0.25, 0.3) is 0 Å². The Morgan fingerprint density at radius 2 is 1.93 bits per heavy atom. The summed E-state index contributed by atoms with van der Waals surface area (Å²) in [5, 5.41) is 0. The van der Waals surface area contributed by atoms with Crippen LogP contribution in [-0.4, -0.2) is 38.4 Å². The first-order chi connectivity index (χ1) is 13.1. The summed E-state index contributed by atoms with van der Waals surface area (Å²) in [5.41, 5.74) is 1.15. The average Bonchev–Trinajstić information content (AvgIpc) is 3.20. The third-order valence-electron chi connectivity index (χ3n) is 4.23. The largest absolute Gasteiger partial charge is 0.497 e. The minimum Gasteiger partial charge on any atom is -0.497 e. The van der Waals surface area contributed by atoms with Gasteiger partial charge in [-0.05, 0) is 48.7 Å². The van der Waals surface area contributed by atoms with Crippen LogP contribution in [0.1, 0.15) is 28.8 Å². The first-order valence-corrected chi connectivity index (χ1v) is 8.86. The highest BCUT2D eigenvalue weighted by atomic mass is 16.6. The van der Waals surface area contributed by atoms with Gasteiger partial charge < -0.3 is 18.9 Å². The molecule has 1 aliphatic rings. The van der Waals surface area contributed by atoms with Gasteiger partial charge in [-0.3, -0.25) is 4.79 Å². The molecule has 2 aromatic carbocycles. The van der Waals surface area contributed by atoms with Gasteiger partial charge in [-0.1, -0.05) is 18.2 Å². The lowest BCUT2D eigenvalue weighted by atomic mass is 10.1. The predicted molar refractivity (Wildman–Crippen MR) is 98.0 cm³/mol. The van der Waals surface area contributed by atoms with Crippen molar-refractivity contribution in [2.75, 3.05) is 20.3 Å². The Kier molecular flexibility index (Phi) is 6.44. The third kappa shape index (κ3) is 5.56. The second-order valence-electron chi connectivity index (χ2n) is 6.26. The molecule has 27 heavy (non-hydrogen) atoms. The molecule has 1 atom stereocenters. The van der Waals surface area contributed by atoms with Crippen LogP contribution in [0.3, 0.4) is 0 Å². The summed E-state index contributed by atoms with van der Waals surface area (Å²) in [7, 11) is 1.59. The van der Waals surface area contributed by atoms with E-state index >= 15 is 0 Å². The van der Waals surface area contributed by atoms with Crippen LogP contribution < -0.4 is 9.47 Å². The fourth-order valence-electron chi connectivity index (χ4n) is 2.79. The summed E-state index contributed by atoms with van der Waals surface area (Å²) >= 11 is 0. The Morgan fingerprint density at radius 3 is 2.63 bits per heavy atom. The average molecular weight is 370 g/mol. The van der Waals surface area contributed by atoms with E-state index in [9.17, 15) is 9.59 Å². The fraction of sp³-hybridized carbons (Fsp3) is 0.333. The molecular formula is C21H22O6. The van der Waals surface area contributed by atoms with Crippen molar-refractivity contribution in [2.24, 2.45) is 0 Å². The quantitative estimate of drug-likeness (QED) is 0.551. The smallest absolute Gasteiger partial charge is 0.338 e. The molecule has 0 amide bonds. The van der Waals surface area contributed by atoms with Crippen LogP contribution in [0.4, 0.5) is 0 Å². The van der Waals surface area contributed by atoms with Crippen molar-refractivity contribution >= 4 is 11.9 Å². The number of hydrogen-bond donors (Lipinski definition) is 0. The molecular weight excluding hydrogens is 348 g/mol. The molecule has 1 aliphatic heterocycles. The lowest BCUT2D eigenvalue weighted by Gasteiger charge is -2.11. The van der Waals surface area contributed by atoms with Crippen LogP contribution in [0.15, 0.2) is 48.5 Å². The molecule has 1 heterocycles. The van der Waals surface area contributed by atoms with Crippen molar-refractivity contribution < 1.29 is 28.5 Å². The molecule has 1 fully saturated rings. The van der Waals surface area contributed by atoms with Crippen LogP contribution in [0.2, 0.25) is 0 Å². The second-order valence-corrected chi connectivity index (χ2v) is 6.26. The van der Waals surface area contributed by atoms with Gasteiger partial charge in [-0.2, -0.15) is 0 Å². The maximum absolute atomic E-state index is 12.2. The van der Waals surface area contributed by atoms with Crippen molar-refractivity contribution in [3.63, 3.8) is 0 Å². The van der Waals surface area contributed by atoms with Gasteiger partial charge in [-0.25, -0.2) is 4.79 Å². The molecule has 142 valence electrons. The monoisotopic (exact) mass is 370 g/mol. The van der Waals surface area contributed by atoms with E-state index < -0.39 is 11.9 Å². The van der Waals surface area contributed by atoms with Gasteiger partial charge in [0.2, 0.25) is 0 Å². The molecule has 0 radical (unpaired) electrons. The second kappa shape index (κ2) is 9.19. The first-order valence-electron chi connectivity index (χ1n) is 8.86. The Morgan fingerprint density at radius 1 is 1.11 bits per heavy atom. The summed E-state index contributed by atoms with van der Waals surface area (Å²) in [6.07, 6.45) is 1.98. The molecule has 0 spiro atoms. The standard InChI is InChI=1S/C21H22O6/c1-24-17-9-7-15(8-10-17)12-20(22)27-18-5-2-4-16(13-18)21(23)26-14-19-6-3-11-25-19/h2,4-5,7-10,13,19H,3,6,11-12,14H2,1H3. The summed E-state index contributed by atoms with van der Waals surface area (Å²) in [5.74, 6) is 0.157. The number of hydrogen-bond acceptors (Lipinski definition) is 6. The first kappa shape index (κ1) is 18.9. The van der Waals surface area contributed by atoms with Gasteiger partial charge in [0.05, 0.1) is 25.2 Å². The van der Waals surface area contributed by atoms with E-state index in [1.54, 1.807) is 49.6 Å². The van der Waals surface area contributed by atoms with Gasteiger partial charge in [0, 0.05) is 6.61 Å². The van der Waals surface area contributed by atoms with Gasteiger partial charge >= 0.3 is 11.9 Å². The number of ether oxygens (including phenoxy) is 4. The Balaban J connectivity index is 1.54. The minimum atomic E-state index is -0.460. The number of esters is 2. The molecule has 0 aromatic heterocycles. The van der Waals surface area contributed by atoms with Crippen molar-refractivity contribution in [3.05, 3.63) is 59.7 Å². The Bertz CT molecular complexity index is 778. The van der Waals surface area contributed by atoms with E-state index in [0.29, 0.717) is 17.9 Å². The number of carbonyl (C=O) groups excluding carboxylic acids is 2. The third-order valence-corrected chi connectivity index (χ3v) is 4.23. The Labute approximate surface area is 158 Å². The summed E-state index contributed by atoms with van der Waals surface area (Å²) < 4.78 is 21.1. The van der Waals surface area contributed by atoms with Crippen LogP contribution in [-0.2, 0) is 20.7 Å². The van der Waals surface area contributed by atoms with E-state index in [-0.39, 0.29) is 19.1 Å². The SMILES string of the molecule is COc1ccc(CC(=O)Oc2cccc(C(=O)OCC3CCCO3)c2)cc1. The zero-order chi connectivity index (χ0) is 19.1. The number of carbonyl (C=O) groups is 2. The van der Waals surface area contributed by atoms with Crippen LogP contribution in [0, 0.1) is 0 Å². The maximum Gasteiger partial charge on any atom is 0.338 e. The lowest BCUT2D eigenvalue weighted by Crippen LogP contribution is -2.18. The number of benzene rings is 2. The lowest BCUT2D eigenvalue weighted by molar-refractivity contribution is -0.133. The van der Waals surface area contributed by atoms with Gasteiger partial charge in [-0.15, -0.1) is 0 Å². The molecule has 1 unspecified atom stereocenters. The molecule has 0 bridgehead atoms. The molecule has 6 nitrogen and oxygen atoms in total.